The molecule has 0 aliphatic rings. The molecule has 1 heterocycles. The fourth-order valence-electron chi connectivity index (χ4n) is 2.23. The van der Waals surface area contributed by atoms with Crippen LogP contribution in [0.15, 0.2) is 29.4 Å². The molecule has 0 aliphatic carbocycles. The van der Waals surface area contributed by atoms with Crippen molar-refractivity contribution < 1.29 is 14.4 Å². The Hall–Kier alpha value is -2.41. The summed E-state index contributed by atoms with van der Waals surface area (Å²) in [6.07, 6.45) is 0. The van der Waals surface area contributed by atoms with Gasteiger partial charge in [0.1, 0.15) is 13.7 Å². The zero-order valence-electron chi connectivity index (χ0n) is 15.1. The number of hydrogen-bond donors (Lipinski definition) is 1. The Balaban J connectivity index is 2.26. The van der Waals surface area contributed by atoms with Crippen molar-refractivity contribution in [2.24, 2.45) is 5.16 Å². The average Bonchev–Trinajstić information content (AvgIpc) is 2.99. The molecule has 2 rings (SSSR count). The van der Waals surface area contributed by atoms with Gasteiger partial charge in [-0.3, -0.25) is 4.79 Å². The standard InChI is InChI=1S/C18H23N3O3S/c1-11(2)18-20-17(12(3)25-18)24-10-13-8-6-7-9-14(13)15(21-23-5)16(22)19-4/h6-9,11H,10H2,1-5H3,(H,19,22)/b21-15+. The molecule has 0 fully saturated rings. The van der Waals surface area contributed by atoms with Crippen molar-refractivity contribution in [1.29, 1.82) is 0 Å². The molecule has 0 saturated carbocycles. The van der Waals surface area contributed by atoms with Crippen LogP contribution in [0.3, 0.4) is 0 Å². The third kappa shape index (κ3) is 4.57. The van der Waals surface area contributed by atoms with Crippen molar-refractivity contribution in [3.63, 3.8) is 0 Å². The molecule has 1 N–H and O–H groups in total. The molecule has 1 aromatic carbocycles. The van der Waals surface area contributed by atoms with Gasteiger partial charge < -0.3 is 14.9 Å². The van der Waals surface area contributed by atoms with E-state index in [2.05, 4.69) is 29.3 Å². The summed E-state index contributed by atoms with van der Waals surface area (Å²) >= 11 is 1.64. The number of likely N-dealkylation sites (N-methyl/N-ethyl adjacent to an activating group) is 1. The van der Waals surface area contributed by atoms with Crippen LogP contribution in [0.1, 0.15) is 40.8 Å². The van der Waals surface area contributed by atoms with Crippen LogP contribution in [0.25, 0.3) is 0 Å². The number of rotatable bonds is 7. The summed E-state index contributed by atoms with van der Waals surface area (Å²) in [4.78, 5) is 22.5. The first-order valence-corrected chi connectivity index (χ1v) is 8.81. The van der Waals surface area contributed by atoms with E-state index in [-0.39, 0.29) is 18.2 Å². The lowest BCUT2D eigenvalue weighted by atomic mass is 10.0. The highest BCUT2D eigenvalue weighted by Gasteiger charge is 2.18. The maximum absolute atomic E-state index is 12.1. The van der Waals surface area contributed by atoms with Gasteiger partial charge >= 0.3 is 0 Å². The predicted molar refractivity (Wildman–Crippen MR) is 99.3 cm³/mol. The number of oxime groups is 1. The first kappa shape index (κ1) is 18.9. The number of aryl methyl sites for hydroxylation is 1. The van der Waals surface area contributed by atoms with Gasteiger partial charge in [0, 0.05) is 18.5 Å². The fourth-order valence-corrected chi connectivity index (χ4v) is 3.10. The lowest BCUT2D eigenvalue weighted by molar-refractivity contribution is -0.114. The maximum Gasteiger partial charge on any atom is 0.273 e. The lowest BCUT2D eigenvalue weighted by Crippen LogP contribution is -2.29. The number of carbonyl (C=O) groups is 1. The SMILES string of the molecule is CNC(=O)/C(=N/OC)c1ccccc1COc1nc(C(C)C)sc1C. The van der Waals surface area contributed by atoms with E-state index >= 15 is 0 Å². The normalized spacial score (nSPS) is 11.5. The maximum atomic E-state index is 12.1. The highest BCUT2D eigenvalue weighted by Crippen LogP contribution is 2.29. The number of carbonyl (C=O) groups excluding carboxylic acids is 1. The van der Waals surface area contributed by atoms with Gasteiger partial charge in [-0.25, -0.2) is 4.98 Å². The van der Waals surface area contributed by atoms with Gasteiger partial charge in [0.2, 0.25) is 5.88 Å². The number of amides is 1. The van der Waals surface area contributed by atoms with Crippen LogP contribution in [-0.2, 0) is 16.2 Å². The molecule has 0 aliphatic heterocycles. The van der Waals surface area contributed by atoms with Crippen molar-refractivity contribution in [3.8, 4) is 5.88 Å². The highest BCUT2D eigenvalue weighted by atomic mass is 32.1. The summed E-state index contributed by atoms with van der Waals surface area (Å²) in [5.74, 6) is 0.678. The van der Waals surface area contributed by atoms with Crippen molar-refractivity contribution in [3.05, 3.63) is 45.3 Å². The Morgan fingerprint density at radius 2 is 2.08 bits per heavy atom. The third-order valence-electron chi connectivity index (χ3n) is 3.53. The van der Waals surface area contributed by atoms with Gasteiger partial charge in [0.15, 0.2) is 5.71 Å². The van der Waals surface area contributed by atoms with E-state index in [1.54, 1.807) is 18.4 Å². The van der Waals surface area contributed by atoms with E-state index in [1.807, 2.05) is 31.2 Å². The molecule has 2 aromatic rings. The molecule has 0 unspecified atom stereocenters. The first-order chi connectivity index (χ1) is 12.0. The molecule has 1 amide bonds. The zero-order chi connectivity index (χ0) is 18.4. The van der Waals surface area contributed by atoms with Crippen molar-refractivity contribution in [2.45, 2.75) is 33.3 Å². The van der Waals surface area contributed by atoms with Gasteiger partial charge in [-0.05, 0) is 12.5 Å². The van der Waals surface area contributed by atoms with Crippen molar-refractivity contribution in [2.75, 3.05) is 14.2 Å². The van der Waals surface area contributed by atoms with E-state index in [4.69, 9.17) is 9.57 Å². The number of aromatic nitrogens is 1. The van der Waals surface area contributed by atoms with Crippen LogP contribution >= 0.6 is 11.3 Å². The van der Waals surface area contributed by atoms with Gasteiger partial charge in [0.25, 0.3) is 5.91 Å². The van der Waals surface area contributed by atoms with Crippen LogP contribution in [0.4, 0.5) is 0 Å². The van der Waals surface area contributed by atoms with Gasteiger partial charge in [0.05, 0.1) is 9.88 Å². The van der Waals surface area contributed by atoms with Gasteiger partial charge in [-0.2, -0.15) is 0 Å². The van der Waals surface area contributed by atoms with Crippen LogP contribution in [-0.4, -0.2) is 30.8 Å². The molecule has 0 atom stereocenters. The molecule has 1 aromatic heterocycles. The molecule has 6 nitrogen and oxygen atoms in total. The van der Waals surface area contributed by atoms with E-state index in [1.165, 1.54) is 7.11 Å². The predicted octanol–water partition coefficient (Wildman–Crippen LogP) is 3.25. The van der Waals surface area contributed by atoms with Gasteiger partial charge in [-0.1, -0.05) is 43.3 Å². The molecular formula is C18H23N3O3S. The van der Waals surface area contributed by atoms with Crippen LogP contribution < -0.4 is 10.1 Å². The second-order valence-electron chi connectivity index (χ2n) is 5.72. The molecule has 134 valence electrons. The lowest BCUT2D eigenvalue weighted by Gasteiger charge is -2.11. The Labute approximate surface area is 151 Å². The van der Waals surface area contributed by atoms with E-state index in [0.29, 0.717) is 17.4 Å². The minimum Gasteiger partial charge on any atom is -0.472 e. The quantitative estimate of drug-likeness (QED) is 0.607. The van der Waals surface area contributed by atoms with Crippen molar-refractivity contribution >= 4 is 23.0 Å². The van der Waals surface area contributed by atoms with Crippen molar-refractivity contribution in [1.82, 2.24) is 10.3 Å². The minimum absolute atomic E-state index is 0.210. The highest BCUT2D eigenvalue weighted by molar-refractivity contribution is 7.11. The molecular weight excluding hydrogens is 338 g/mol. The van der Waals surface area contributed by atoms with Crippen LogP contribution in [0, 0.1) is 6.92 Å². The molecule has 0 saturated heterocycles. The topological polar surface area (TPSA) is 72.8 Å². The Morgan fingerprint density at radius 1 is 1.36 bits per heavy atom. The number of hydrogen-bond acceptors (Lipinski definition) is 6. The summed E-state index contributed by atoms with van der Waals surface area (Å²) in [6.45, 7) is 6.49. The summed E-state index contributed by atoms with van der Waals surface area (Å²) < 4.78 is 5.91. The number of ether oxygens (including phenoxy) is 1. The summed E-state index contributed by atoms with van der Waals surface area (Å²) in [7, 11) is 2.97. The van der Waals surface area contributed by atoms with E-state index in [9.17, 15) is 4.79 Å². The second-order valence-corrected chi connectivity index (χ2v) is 6.95. The summed E-state index contributed by atoms with van der Waals surface area (Å²) in [6, 6.07) is 7.45. The Morgan fingerprint density at radius 3 is 2.68 bits per heavy atom. The average molecular weight is 361 g/mol. The first-order valence-electron chi connectivity index (χ1n) is 7.99. The zero-order valence-corrected chi connectivity index (χ0v) is 15.9. The number of benzene rings is 1. The number of nitrogens with one attached hydrogen (secondary N) is 1. The molecule has 0 radical (unpaired) electrons. The number of thiazole rings is 1. The van der Waals surface area contributed by atoms with Crippen LogP contribution in [0.5, 0.6) is 5.88 Å². The van der Waals surface area contributed by atoms with Crippen LogP contribution in [0.2, 0.25) is 0 Å². The van der Waals surface area contributed by atoms with E-state index < -0.39 is 0 Å². The Bertz CT molecular complexity index is 769. The third-order valence-corrected chi connectivity index (χ3v) is 4.78. The molecule has 0 bridgehead atoms. The largest absolute Gasteiger partial charge is 0.472 e. The minimum atomic E-state index is -0.318. The summed E-state index contributed by atoms with van der Waals surface area (Å²) in [5, 5.41) is 7.48. The molecule has 0 spiro atoms. The second kappa shape index (κ2) is 8.62. The van der Waals surface area contributed by atoms with Gasteiger partial charge in [-0.15, -0.1) is 11.3 Å². The molecule has 7 heteroatoms. The smallest absolute Gasteiger partial charge is 0.273 e. The summed E-state index contributed by atoms with van der Waals surface area (Å²) in [5.41, 5.74) is 1.71. The van der Waals surface area contributed by atoms with E-state index in [0.717, 1.165) is 15.4 Å². The fraction of sp³-hybridized carbons (Fsp3) is 0.389. The Kier molecular flexibility index (Phi) is 6.52. The molecule has 25 heavy (non-hydrogen) atoms. The monoisotopic (exact) mass is 361 g/mol. The number of nitrogens with zero attached hydrogens (tertiary/aromatic N) is 2.